The largest absolute Gasteiger partial charge is 0.478 e. The van der Waals surface area contributed by atoms with Crippen LogP contribution in [-0.4, -0.2) is 29.7 Å². The summed E-state index contributed by atoms with van der Waals surface area (Å²) in [7, 11) is 5.44. The van der Waals surface area contributed by atoms with Crippen molar-refractivity contribution in [1.29, 1.82) is 0 Å². The molecule has 0 bridgehead atoms. The summed E-state index contributed by atoms with van der Waals surface area (Å²) in [4.78, 5) is 23.7. The maximum absolute atomic E-state index is 11.1. The molecule has 1 N–H and O–H groups in total. The van der Waals surface area contributed by atoms with Crippen LogP contribution < -0.4 is 9.77 Å². The molecule has 0 aliphatic carbocycles. The number of thiazole rings is 1. The normalized spacial score (nSPS) is 10.0. The Morgan fingerprint density at radius 1 is 1.09 bits per heavy atom. The van der Waals surface area contributed by atoms with Crippen LogP contribution in [0.2, 0.25) is 0 Å². The summed E-state index contributed by atoms with van der Waals surface area (Å²) in [5.41, 5.74) is 2.08. The van der Waals surface area contributed by atoms with Crippen LogP contribution in [0.4, 0.5) is 5.69 Å². The molecular weight excluding hydrogens is 312 g/mol. The number of carboxylic acid groups (broad SMARTS) is 1. The minimum atomic E-state index is -0.890. The first-order valence-electron chi connectivity index (χ1n) is 6.96. The number of fused-ring (bicyclic) bond motifs is 1. The first-order valence-corrected chi connectivity index (χ1v) is 7.77. The third-order valence-electron chi connectivity index (χ3n) is 3.31. The van der Waals surface area contributed by atoms with Gasteiger partial charge in [-0.3, -0.25) is 4.79 Å². The van der Waals surface area contributed by atoms with Gasteiger partial charge in [-0.1, -0.05) is 35.6 Å². The lowest BCUT2D eigenvalue weighted by Crippen LogP contribution is -2.13. The molecule has 120 valence electrons. The fourth-order valence-corrected chi connectivity index (χ4v) is 3.01. The molecule has 0 unspecified atom stereocenters. The SMILES string of the molecule is CN(C)c1ccccc1C(=O)O.Cn1c(=O)sc2ccccc21. The smallest absolute Gasteiger partial charge is 0.337 e. The van der Waals surface area contributed by atoms with Crippen molar-refractivity contribution in [3.8, 4) is 0 Å². The van der Waals surface area contributed by atoms with Crippen molar-refractivity contribution in [2.45, 2.75) is 0 Å². The quantitative estimate of drug-likeness (QED) is 0.784. The van der Waals surface area contributed by atoms with Crippen molar-refractivity contribution in [2.24, 2.45) is 7.05 Å². The highest BCUT2D eigenvalue weighted by Crippen LogP contribution is 2.17. The fourth-order valence-electron chi connectivity index (χ4n) is 2.13. The topological polar surface area (TPSA) is 62.5 Å². The van der Waals surface area contributed by atoms with Crippen molar-refractivity contribution < 1.29 is 9.90 Å². The number of rotatable bonds is 2. The van der Waals surface area contributed by atoms with E-state index >= 15 is 0 Å². The third-order valence-corrected chi connectivity index (χ3v) is 4.33. The van der Waals surface area contributed by atoms with E-state index in [0.717, 1.165) is 15.9 Å². The molecule has 3 aromatic rings. The van der Waals surface area contributed by atoms with Crippen LogP contribution in [0.3, 0.4) is 0 Å². The van der Waals surface area contributed by atoms with Crippen LogP contribution in [0.25, 0.3) is 10.2 Å². The molecule has 0 spiro atoms. The Labute approximate surface area is 138 Å². The van der Waals surface area contributed by atoms with Crippen LogP contribution >= 0.6 is 11.3 Å². The Kier molecular flexibility index (Phi) is 5.18. The number of hydrogen-bond donors (Lipinski definition) is 1. The molecule has 1 heterocycles. The lowest BCUT2D eigenvalue weighted by molar-refractivity contribution is 0.0697. The zero-order chi connectivity index (χ0) is 17.0. The molecule has 5 nitrogen and oxygen atoms in total. The second-order valence-electron chi connectivity index (χ2n) is 5.11. The lowest BCUT2D eigenvalue weighted by Gasteiger charge is -2.14. The number of anilines is 1. The van der Waals surface area contributed by atoms with Crippen molar-refractivity contribution in [3.05, 3.63) is 63.8 Å². The predicted octanol–water partition coefficient (Wildman–Crippen LogP) is 3.05. The van der Waals surface area contributed by atoms with Gasteiger partial charge in [0.2, 0.25) is 0 Å². The Balaban J connectivity index is 0.000000167. The van der Waals surface area contributed by atoms with Crippen molar-refractivity contribution in [2.75, 3.05) is 19.0 Å². The summed E-state index contributed by atoms with van der Waals surface area (Å²) in [6, 6.07) is 14.7. The van der Waals surface area contributed by atoms with Gasteiger partial charge in [-0.05, 0) is 24.3 Å². The van der Waals surface area contributed by atoms with Crippen molar-refractivity contribution in [3.63, 3.8) is 0 Å². The highest BCUT2D eigenvalue weighted by molar-refractivity contribution is 7.16. The number of para-hydroxylation sites is 2. The summed E-state index contributed by atoms with van der Waals surface area (Å²) in [6.07, 6.45) is 0. The average molecular weight is 330 g/mol. The van der Waals surface area contributed by atoms with Crippen molar-refractivity contribution >= 4 is 33.2 Å². The Morgan fingerprint density at radius 3 is 2.26 bits per heavy atom. The van der Waals surface area contributed by atoms with E-state index in [4.69, 9.17) is 5.11 Å². The summed E-state index contributed by atoms with van der Waals surface area (Å²) >= 11 is 1.29. The number of nitrogens with zero attached hydrogens (tertiary/aromatic N) is 2. The first-order chi connectivity index (χ1) is 10.9. The monoisotopic (exact) mass is 330 g/mol. The van der Waals surface area contributed by atoms with E-state index in [2.05, 4.69) is 0 Å². The Morgan fingerprint density at radius 2 is 1.70 bits per heavy atom. The number of aromatic carboxylic acids is 1. The molecule has 0 saturated carbocycles. The molecule has 0 saturated heterocycles. The van der Waals surface area contributed by atoms with Gasteiger partial charge in [-0.2, -0.15) is 0 Å². The molecule has 6 heteroatoms. The third kappa shape index (κ3) is 3.78. The molecular formula is C17H18N2O3S. The van der Waals surface area contributed by atoms with Gasteiger partial charge >= 0.3 is 10.8 Å². The van der Waals surface area contributed by atoms with Gasteiger partial charge in [-0.25, -0.2) is 4.79 Å². The molecule has 0 fully saturated rings. The van der Waals surface area contributed by atoms with Crippen LogP contribution in [0.1, 0.15) is 10.4 Å². The van der Waals surface area contributed by atoms with E-state index in [9.17, 15) is 9.59 Å². The van der Waals surface area contributed by atoms with Gasteiger partial charge in [0.05, 0.1) is 21.5 Å². The molecule has 0 amide bonds. The van der Waals surface area contributed by atoms with Crippen LogP contribution in [0.15, 0.2) is 53.3 Å². The van der Waals surface area contributed by atoms with Crippen LogP contribution in [-0.2, 0) is 7.05 Å². The maximum atomic E-state index is 11.1. The highest BCUT2D eigenvalue weighted by atomic mass is 32.1. The number of hydrogen-bond acceptors (Lipinski definition) is 4. The first kappa shape index (κ1) is 16.8. The minimum Gasteiger partial charge on any atom is -0.478 e. The molecule has 0 radical (unpaired) electrons. The molecule has 23 heavy (non-hydrogen) atoms. The molecule has 2 aromatic carbocycles. The second kappa shape index (κ2) is 7.11. The molecule has 0 atom stereocenters. The van der Waals surface area contributed by atoms with E-state index in [1.165, 1.54) is 11.3 Å². The number of benzene rings is 2. The van der Waals surface area contributed by atoms with Gasteiger partial charge in [0.1, 0.15) is 0 Å². The van der Waals surface area contributed by atoms with Crippen LogP contribution in [0, 0.1) is 0 Å². The van der Waals surface area contributed by atoms with E-state index in [0.29, 0.717) is 5.56 Å². The van der Waals surface area contributed by atoms with E-state index in [-0.39, 0.29) is 4.87 Å². The second-order valence-corrected chi connectivity index (χ2v) is 6.10. The zero-order valence-corrected chi connectivity index (χ0v) is 14.0. The van der Waals surface area contributed by atoms with E-state index in [1.54, 1.807) is 34.7 Å². The van der Waals surface area contributed by atoms with Gasteiger partial charge in [0, 0.05) is 21.1 Å². The molecule has 1 aromatic heterocycles. The maximum Gasteiger partial charge on any atom is 0.337 e. The van der Waals surface area contributed by atoms with Crippen molar-refractivity contribution in [1.82, 2.24) is 4.57 Å². The molecule has 3 rings (SSSR count). The summed E-state index contributed by atoms with van der Waals surface area (Å²) < 4.78 is 2.72. The fraction of sp³-hybridized carbons (Fsp3) is 0.176. The zero-order valence-electron chi connectivity index (χ0n) is 13.2. The highest BCUT2D eigenvalue weighted by Gasteiger charge is 2.09. The van der Waals surface area contributed by atoms with Gasteiger partial charge < -0.3 is 14.6 Å². The number of aryl methyl sites for hydroxylation is 1. The minimum absolute atomic E-state index is 0.103. The summed E-state index contributed by atoms with van der Waals surface area (Å²) in [6.45, 7) is 0. The Hall–Kier alpha value is -2.60. The van der Waals surface area contributed by atoms with Gasteiger partial charge in [0.25, 0.3) is 0 Å². The van der Waals surface area contributed by atoms with E-state index < -0.39 is 5.97 Å². The number of aromatic nitrogens is 1. The van der Waals surface area contributed by atoms with Gasteiger partial charge in [-0.15, -0.1) is 0 Å². The molecule has 0 aliphatic rings. The van der Waals surface area contributed by atoms with E-state index in [1.807, 2.05) is 44.4 Å². The number of carboxylic acids is 1. The van der Waals surface area contributed by atoms with Gasteiger partial charge in [0.15, 0.2) is 0 Å². The Bertz CT molecular complexity index is 881. The number of carbonyl (C=O) groups is 1. The standard InChI is InChI=1S/C9H11NO2.C8H7NOS/c1-10(2)8-6-4-3-5-7(8)9(11)12;1-9-6-4-2-3-5-7(6)11-8(9)10/h3-6H,1-2H3,(H,11,12);2-5H,1H3. The average Bonchev–Trinajstić information content (AvgIpc) is 2.83. The lowest BCUT2D eigenvalue weighted by atomic mass is 10.2. The summed E-state index contributed by atoms with van der Waals surface area (Å²) in [5.74, 6) is -0.890. The van der Waals surface area contributed by atoms with Crippen LogP contribution in [0.5, 0.6) is 0 Å². The predicted molar refractivity (Wildman–Crippen MR) is 94.8 cm³/mol. The summed E-state index contributed by atoms with van der Waals surface area (Å²) in [5, 5.41) is 8.79. The molecule has 0 aliphatic heterocycles.